The van der Waals surface area contributed by atoms with Crippen molar-refractivity contribution in [2.45, 2.75) is 39.4 Å². The molecular formula is C17H23N3O4. The third-order valence-corrected chi connectivity index (χ3v) is 2.88. The van der Waals surface area contributed by atoms with Gasteiger partial charge in [-0.15, -0.1) is 0 Å². The number of benzene rings is 1. The van der Waals surface area contributed by atoms with Crippen LogP contribution in [0.5, 0.6) is 0 Å². The number of ether oxygens (including phenoxy) is 1. The van der Waals surface area contributed by atoms with E-state index in [4.69, 9.17) is 14.8 Å². The molecule has 7 nitrogen and oxygen atoms in total. The first-order chi connectivity index (χ1) is 11.2. The minimum atomic E-state index is -0.682. The van der Waals surface area contributed by atoms with Gasteiger partial charge in [-0.25, -0.2) is 4.79 Å². The number of nitriles is 1. The van der Waals surface area contributed by atoms with Crippen LogP contribution in [0.2, 0.25) is 0 Å². The first-order valence-electron chi connectivity index (χ1n) is 7.56. The molecule has 0 aliphatic heterocycles. The van der Waals surface area contributed by atoms with Gasteiger partial charge < -0.3 is 4.74 Å². The maximum Gasteiger partial charge on any atom is 0.434 e. The zero-order valence-corrected chi connectivity index (χ0v) is 14.5. The maximum atomic E-state index is 12.2. The van der Waals surface area contributed by atoms with Crippen molar-refractivity contribution < 1.29 is 19.2 Å². The lowest BCUT2D eigenvalue weighted by atomic mass is 10.2. The second-order valence-electron chi connectivity index (χ2n) is 6.14. The molecule has 0 radical (unpaired) electrons. The van der Waals surface area contributed by atoms with Crippen LogP contribution in [-0.4, -0.2) is 41.2 Å². The van der Waals surface area contributed by atoms with Crippen LogP contribution in [0.3, 0.4) is 0 Å². The summed E-state index contributed by atoms with van der Waals surface area (Å²) in [6.45, 7) is 5.40. The van der Waals surface area contributed by atoms with Crippen LogP contribution in [0.25, 0.3) is 0 Å². The van der Waals surface area contributed by atoms with Crippen LogP contribution in [0, 0.1) is 11.5 Å². The van der Waals surface area contributed by atoms with E-state index in [1.165, 1.54) is 7.05 Å². The van der Waals surface area contributed by atoms with Crippen LogP contribution >= 0.6 is 0 Å². The Labute approximate surface area is 142 Å². The van der Waals surface area contributed by atoms with Gasteiger partial charge in [-0.3, -0.25) is 14.5 Å². The van der Waals surface area contributed by atoms with E-state index in [0.717, 1.165) is 15.5 Å². The molecule has 1 aromatic rings. The zero-order valence-electron chi connectivity index (χ0n) is 14.5. The molecule has 7 heteroatoms. The average Bonchev–Trinajstić information content (AvgIpc) is 2.53. The highest BCUT2D eigenvalue weighted by molar-refractivity contribution is 5.78. The molecule has 0 fully saturated rings. The molecule has 0 saturated carbocycles. The Balaban J connectivity index is 2.70. The van der Waals surface area contributed by atoms with Gasteiger partial charge in [0.1, 0.15) is 12.2 Å². The molecular weight excluding hydrogens is 310 g/mol. The lowest BCUT2D eigenvalue weighted by molar-refractivity contribution is -0.159. The molecule has 1 rings (SSSR count). The van der Waals surface area contributed by atoms with Crippen LogP contribution in [0.4, 0.5) is 4.79 Å². The number of rotatable bonds is 6. The summed E-state index contributed by atoms with van der Waals surface area (Å²) in [5, 5.41) is 9.72. The SMILES string of the molecule is CN(C#N)C(=O)CCN(OCc1ccccc1)C(=O)OC(C)(C)C. The van der Waals surface area contributed by atoms with E-state index in [1.807, 2.05) is 30.3 Å². The third kappa shape index (κ3) is 7.11. The lowest BCUT2D eigenvalue weighted by Crippen LogP contribution is -2.39. The van der Waals surface area contributed by atoms with Crippen molar-refractivity contribution in [3.8, 4) is 6.19 Å². The molecule has 0 aliphatic rings. The van der Waals surface area contributed by atoms with Crippen molar-refractivity contribution in [2.24, 2.45) is 0 Å². The monoisotopic (exact) mass is 333 g/mol. The maximum absolute atomic E-state index is 12.2. The second-order valence-corrected chi connectivity index (χ2v) is 6.14. The van der Waals surface area contributed by atoms with Crippen LogP contribution < -0.4 is 0 Å². The summed E-state index contributed by atoms with van der Waals surface area (Å²) in [7, 11) is 1.37. The van der Waals surface area contributed by atoms with Crippen molar-refractivity contribution in [1.82, 2.24) is 9.96 Å². The zero-order chi connectivity index (χ0) is 18.2. The molecule has 1 aromatic carbocycles. The first-order valence-corrected chi connectivity index (χ1v) is 7.56. The smallest absolute Gasteiger partial charge is 0.434 e. The standard InChI is InChI=1S/C17H23N3O4/c1-17(2,3)24-16(22)20(11-10-15(21)19(4)13-18)23-12-14-8-6-5-7-9-14/h5-9H,10-12H2,1-4H3. The molecule has 130 valence electrons. The van der Waals surface area contributed by atoms with Gasteiger partial charge in [0, 0.05) is 13.5 Å². The van der Waals surface area contributed by atoms with E-state index in [2.05, 4.69) is 0 Å². The normalized spacial score (nSPS) is 10.6. The van der Waals surface area contributed by atoms with Gasteiger partial charge in [0.15, 0.2) is 6.19 Å². The molecule has 0 N–H and O–H groups in total. The van der Waals surface area contributed by atoms with E-state index in [0.29, 0.717) is 0 Å². The fourth-order valence-electron chi connectivity index (χ4n) is 1.67. The topological polar surface area (TPSA) is 82.9 Å². The molecule has 0 spiro atoms. The summed E-state index contributed by atoms with van der Waals surface area (Å²) in [5.41, 5.74) is 0.199. The average molecular weight is 333 g/mol. The van der Waals surface area contributed by atoms with Crippen molar-refractivity contribution in [2.75, 3.05) is 13.6 Å². The lowest BCUT2D eigenvalue weighted by Gasteiger charge is -2.26. The number of carbonyl (C=O) groups is 2. The molecule has 2 amide bonds. The summed E-state index contributed by atoms with van der Waals surface area (Å²) in [6, 6.07) is 9.33. The van der Waals surface area contributed by atoms with E-state index in [-0.39, 0.29) is 19.6 Å². The molecule has 0 saturated heterocycles. The number of hydrogen-bond donors (Lipinski definition) is 0. The van der Waals surface area contributed by atoms with Crippen molar-refractivity contribution in [3.05, 3.63) is 35.9 Å². The fraction of sp³-hybridized carbons (Fsp3) is 0.471. The molecule has 0 bridgehead atoms. The summed E-state index contributed by atoms with van der Waals surface area (Å²) in [6.07, 6.45) is 1.00. The van der Waals surface area contributed by atoms with E-state index in [9.17, 15) is 9.59 Å². The fourth-order valence-corrected chi connectivity index (χ4v) is 1.67. The minimum Gasteiger partial charge on any atom is -0.442 e. The van der Waals surface area contributed by atoms with Crippen LogP contribution in [-0.2, 0) is 21.0 Å². The van der Waals surface area contributed by atoms with Gasteiger partial charge in [-0.1, -0.05) is 30.3 Å². The van der Waals surface area contributed by atoms with Gasteiger partial charge in [0.2, 0.25) is 5.91 Å². The molecule has 0 heterocycles. The van der Waals surface area contributed by atoms with Gasteiger partial charge in [-0.05, 0) is 26.3 Å². The quantitative estimate of drug-likeness (QED) is 0.454. The van der Waals surface area contributed by atoms with E-state index >= 15 is 0 Å². The molecule has 0 atom stereocenters. The van der Waals surface area contributed by atoms with Crippen molar-refractivity contribution in [3.63, 3.8) is 0 Å². The third-order valence-electron chi connectivity index (χ3n) is 2.88. The van der Waals surface area contributed by atoms with Gasteiger partial charge in [0.25, 0.3) is 0 Å². The number of carbonyl (C=O) groups excluding carboxylic acids is 2. The summed E-state index contributed by atoms with van der Waals surface area (Å²) in [4.78, 5) is 30.4. The molecule has 0 aromatic heterocycles. The Morgan fingerprint density at radius 2 is 1.83 bits per heavy atom. The Morgan fingerprint density at radius 3 is 2.38 bits per heavy atom. The molecule has 24 heavy (non-hydrogen) atoms. The predicted octanol–water partition coefficient (Wildman–Crippen LogP) is 2.68. The highest BCUT2D eigenvalue weighted by atomic mass is 16.7. The number of hydrogen-bond acceptors (Lipinski definition) is 5. The Hall–Kier alpha value is -2.59. The Bertz CT molecular complexity index is 590. The first kappa shape index (κ1) is 19.5. The highest BCUT2D eigenvalue weighted by Crippen LogP contribution is 2.12. The predicted molar refractivity (Wildman–Crippen MR) is 87.2 cm³/mol. The Kier molecular flexibility index (Phi) is 7.21. The number of amides is 2. The van der Waals surface area contributed by atoms with Crippen molar-refractivity contribution >= 4 is 12.0 Å². The van der Waals surface area contributed by atoms with Gasteiger partial charge >= 0.3 is 6.09 Å². The molecule has 0 aliphatic carbocycles. The molecule has 0 unspecified atom stereocenters. The van der Waals surface area contributed by atoms with Gasteiger partial charge in [0.05, 0.1) is 6.54 Å². The second kappa shape index (κ2) is 8.89. The Morgan fingerprint density at radius 1 is 1.21 bits per heavy atom. The number of nitrogens with zero attached hydrogens (tertiary/aromatic N) is 3. The van der Waals surface area contributed by atoms with Crippen LogP contribution in [0.1, 0.15) is 32.8 Å². The summed E-state index contributed by atoms with van der Waals surface area (Å²) < 4.78 is 5.28. The minimum absolute atomic E-state index is 0.00734. The van der Waals surface area contributed by atoms with E-state index < -0.39 is 17.6 Å². The summed E-state index contributed by atoms with van der Waals surface area (Å²) >= 11 is 0. The highest BCUT2D eigenvalue weighted by Gasteiger charge is 2.24. The van der Waals surface area contributed by atoms with Crippen LogP contribution in [0.15, 0.2) is 30.3 Å². The van der Waals surface area contributed by atoms with Gasteiger partial charge in [-0.2, -0.15) is 10.3 Å². The summed E-state index contributed by atoms with van der Waals surface area (Å²) in [5.74, 6) is -0.408. The number of hydroxylamine groups is 2. The van der Waals surface area contributed by atoms with Crippen molar-refractivity contribution in [1.29, 1.82) is 5.26 Å². The van der Waals surface area contributed by atoms with E-state index in [1.54, 1.807) is 27.0 Å². The largest absolute Gasteiger partial charge is 0.442 e.